The van der Waals surface area contributed by atoms with E-state index in [0.717, 1.165) is 23.8 Å². The second-order valence-electron chi connectivity index (χ2n) is 3.94. The van der Waals surface area contributed by atoms with E-state index < -0.39 is 0 Å². The van der Waals surface area contributed by atoms with E-state index in [1.54, 1.807) is 0 Å². The number of anilines is 2. The number of hydrogen-bond donors (Lipinski definition) is 1. The van der Waals surface area contributed by atoms with Gasteiger partial charge in [-0.05, 0) is 12.1 Å². The van der Waals surface area contributed by atoms with Gasteiger partial charge in [0.1, 0.15) is 0 Å². The van der Waals surface area contributed by atoms with Crippen molar-refractivity contribution in [1.29, 1.82) is 0 Å². The van der Waals surface area contributed by atoms with Gasteiger partial charge in [0, 0.05) is 24.6 Å². The summed E-state index contributed by atoms with van der Waals surface area (Å²) in [6, 6.07) is 6.78. The number of rotatable bonds is 0. The van der Waals surface area contributed by atoms with Crippen LogP contribution in [0.2, 0.25) is 5.02 Å². The third-order valence-corrected chi connectivity index (χ3v) is 4.45. The van der Waals surface area contributed by atoms with Gasteiger partial charge in [-0.3, -0.25) is 0 Å². The molecule has 0 radical (unpaired) electrons. The zero-order valence-corrected chi connectivity index (χ0v) is 9.94. The second kappa shape index (κ2) is 3.80. The first-order valence-corrected chi connectivity index (χ1v) is 6.76. The average Bonchev–Trinajstić information content (AvgIpc) is 2.29. The molecule has 4 heteroatoms. The molecule has 0 aromatic heterocycles. The summed E-state index contributed by atoms with van der Waals surface area (Å²) >= 11 is 8.22. The van der Waals surface area contributed by atoms with Gasteiger partial charge < -0.3 is 10.2 Å². The normalized spacial score (nSPS) is 24.1. The first-order valence-electron chi connectivity index (χ1n) is 5.23. The van der Waals surface area contributed by atoms with Crippen molar-refractivity contribution in [2.24, 2.45) is 0 Å². The lowest BCUT2D eigenvalue weighted by molar-refractivity contribution is 0.656. The van der Waals surface area contributed by atoms with Crippen molar-refractivity contribution in [2.45, 2.75) is 6.04 Å². The highest BCUT2D eigenvalue weighted by atomic mass is 35.5. The zero-order chi connectivity index (χ0) is 10.3. The number of fused-ring (bicyclic) bond motifs is 3. The van der Waals surface area contributed by atoms with E-state index in [-0.39, 0.29) is 0 Å². The largest absolute Gasteiger partial charge is 0.380 e. The van der Waals surface area contributed by atoms with E-state index in [1.165, 1.54) is 17.2 Å². The van der Waals surface area contributed by atoms with E-state index in [0.29, 0.717) is 6.04 Å². The highest BCUT2D eigenvalue weighted by Crippen LogP contribution is 2.38. The predicted octanol–water partition coefficient (Wildman–Crippen LogP) is 2.69. The summed E-state index contributed by atoms with van der Waals surface area (Å²) in [7, 11) is 0. The van der Waals surface area contributed by atoms with Crippen LogP contribution in [0.15, 0.2) is 18.2 Å². The van der Waals surface area contributed by atoms with Gasteiger partial charge in [0.2, 0.25) is 0 Å². The van der Waals surface area contributed by atoms with Crippen molar-refractivity contribution >= 4 is 34.7 Å². The Bertz CT molecular complexity index is 383. The minimum Gasteiger partial charge on any atom is -0.380 e. The second-order valence-corrected chi connectivity index (χ2v) is 5.49. The van der Waals surface area contributed by atoms with Crippen LogP contribution >= 0.6 is 23.4 Å². The van der Waals surface area contributed by atoms with Gasteiger partial charge in [0.25, 0.3) is 0 Å². The molecule has 3 rings (SSSR count). The smallest absolute Gasteiger partial charge is 0.0768 e. The van der Waals surface area contributed by atoms with Crippen LogP contribution in [0.25, 0.3) is 0 Å². The minimum atomic E-state index is 0.634. The van der Waals surface area contributed by atoms with Crippen LogP contribution in [-0.4, -0.2) is 30.6 Å². The molecule has 1 aromatic carbocycles. The summed E-state index contributed by atoms with van der Waals surface area (Å²) in [5.41, 5.74) is 2.39. The summed E-state index contributed by atoms with van der Waals surface area (Å²) in [6.45, 7) is 2.16. The summed E-state index contributed by atoms with van der Waals surface area (Å²) < 4.78 is 0. The van der Waals surface area contributed by atoms with E-state index in [4.69, 9.17) is 11.6 Å². The maximum absolute atomic E-state index is 6.18. The molecule has 0 saturated carbocycles. The van der Waals surface area contributed by atoms with Crippen LogP contribution in [0.1, 0.15) is 0 Å². The van der Waals surface area contributed by atoms with Gasteiger partial charge in [-0.2, -0.15) is 11.8 Å². The number of halogens is 1. The van der Waals surface area contributed by atoms with Crippen molar-refractivity contribution in [3.63, 3.8) is 0 Å². The lowest BCUT2D eigenvalue weighted by atomic mass is 10.1. The average molecular weight is 241 g/mol. The molecule has 0 aliphatic carbocycles. The van der Waals surface area contributed by atoms with Gasteiger partial charge in [0.15, 0.2) is 0 Å². The first-order chi connectivity index (χ1) is 7.36. The third kappa shape index (κ3) is 1.58. The third-order valence-electron chi connectivity index (χ3n) is 3.04. The fourth-order valence-electron chi connectivity index (χ4n) is 2.29. The standard InChI is InChI=1S/C11H13ClN2S/c12-9-2-1-3-10-11(9)13-6-8-7-15-5-4-14(8)10/h1-3,8,13H,4-7H2. The van der Waals surface area contributed by atoms with Crippen molar-refractivity contribution < 1.29 is 0 Å². The molecule has 1 unspecified atom stereocenters. The molecule has 1 aromatic rings. The van der Waals surface area contributed by atoms with Crippen LogP contribution < -0.4 is 10.2 Å². The van der Waals surface area contributed by atoms with Crippen LogP contribution in [0, 0.1) is 0 Å². The number of nitrogens with zero attached hydrogens (tertiary/aromatic N) is 1. The minimum absolute atomic E-state index is 0.634. The lowest BCUT2D eigenvalue weighted by Gasteiger charge is -2.42. The monoisotopic (exact) mass is 240 g/mol. The molecule has 2 aliphatic rings. The Morgan fingerprint density at radius 1 is 1.47 bits per heavy atom. The Balaban J connectivity index is 2.03. The van der Waals surface area contributed by atoms with E-state index >= 15 is 0 Å². The molecular weight excluding hydrogens is 228 g/mol. The predicted molar refractivity (Wildman–Crippen MR) is 68.4 cm³/mol. The topological polar surface area (TPSA) is 15.3 Å². The Morgan fingerprint density at radius 3 is 3.33 bits per heavy atom. The van der Waals surface area contributed by atoms with Crippen molar-refractivity contribution in [3.05, 3.63) is 23.2 Å². The molecular formula is C11H13ClN2S. The highest BCUT2D eigenvalue weighted by molar-refractivity contribution is 7.99. The summed E-state index contributed by atoms with van der Waals surface area (Å²) in [5, 5.41) is 4.28. The molecule has 1 N–H and O–H groups in total. The number of hydrogen-bond acceptors (Lipinski definition) is 3. The Morgan fingerprint density at radius 2 is 2.40 bits per heavy atom. The molecule has 15 heavy (non-hydrogen) atoms. The SMILES string of the molecule is Clc1cccc2c1NCC1CSCCN21. The molecule has 2 aliphatic heterocycles. The van der Waals surface area contributed by atoms with E-state index in [9.17, 15) is 0 Å². The van der Waals surface area contributed by atoms with Gasteiger partial charge in [-0.1, -0.05) is 17.7 Å². The van der Waals surface area contributed by atoms with Crippen LogP contribution in [0.5, 0.6) is 0 Å². The Kier molecular flexibility index (Phi) is 2.45. The quantitative estimate of drug-likeness (QED) is 0.751. The molecule has 0 spiro atoms. The maximum atomic E-state index is 6.18. The molecule has 1 fully saturated rings. The number of nitrogens with one attached hydrogen (secondary N) is 1. The van der Waals surface area contributed by atoms with E-state index in [1.807, 2.05) is 23.9 Å². The van der Waals surface area contributed by atoms with Crippen molar-refractivity contribution in [1.82, 2.24) is 0 Å². The lowest BCUT2D eigenvalue weighted by Crippen LogP contribution is -2.49. The number of thioether (sulfide) groups is 1. The van der Waals surface area contributed by atoms with Gasteiger partial charge in [-0.15, -0.1) is 0 Å². The van der Waals surface area contributed by atoms with Crippen LogP contribution in [-0.2, 0) is 0 Å². The molecule has 1 atom stereocenters. The summed E-state index contributed by atoms with van der Waals surface area (Å²) in [5.74, 6) is 2.45. The molecule has 2 heterocycles. The van der Waals surface area contributed by atoms with Crippen molar-refractivity contribution in [3.8, 4) is 0 Å². The van der Waals surface area contributed by atoms with Gasteiger partial charge >= 0.3 is 0 Å². The van der Waals surface area contributed by atoms with Gasteiger partial charge in [0.05, 0.1) is 22.4 Å². The number of para-hydroxylation sites is 1. The van der Waals surface area contributed by atoms with Crippen molar-refractivity contribution in [2.75, 3.05) is 34.8 Å². The summed E-state index contributed by atoms with van der Waals surface area (Å²) in [6.07, 6.45) is 0. The van der Waals surface area contributed by atoms with Gasteiger partial charge in [-0.25, -0.2) is 0 Å². The molecule has 0 amide bonds. The fraction of sp³-hybridized carbons (Fsp3) is 0.455. The Hall–Kier alpha value is -0.540. The molecule has 1 saturated heterocycles. The molecule has 2 nitrogen and oxygen atoms in total. The zero-order valence-electron chi connectivity index (χ0n) is 8.37. The number of benzene rings is 1. The van der Waals surface area contributed by atoms with E-state index in [2.05, 4.69) is 16.3 Å². The highest BCUT2D eigenvalue weighted by Gasteiger charge is 2.29. The Labute approximate surface area is 99.0 Å². The molecule has 80 valence electrons. The van der Waals surface area contributed by atoms with Crippen LogP contribution in [0.3, 0.4) is 0 Å². The summed E-state index contributed by atoms with van der Waals surface area (Å²) in [4.78, 5) is 2.49. The maximum Gasteiger partial charge on any atom is 0.0768 e. The molecule has 0 bridgehead atoms. The fourth-order valence-corrected chi connectivity index (χ4v) is 3.59. The first kappa shape index (κ1) is 9.67. The van der Waals surface area contributed by atoms with Crippen LogP contribution in [0.4, 0.5) is 11.4 Å².